The summed E-state index contributed by atoms with van der Waals surface area (Å²) in [5.41, 5.74) is 0.999. The van der Waals surface area contributed by atoms with Gasteiger partial charge < -0.3 is 4.74 Å². The monoisotopic (exact) mass is 290 g/mol. The highest BCUT2D eigenvalue weighted by atomic mass is 16.5. The molecule has 0 aliphatic heterocycles. The average Bonchev–Trinajstić information content (AvgIpc) is 2.33. The van der Waals surface area contributed by atoms with Crippen LogP contribution in [0.2, 0.25) is 0 Å². The van der Waals surface area contributed by atoms with Crippen molar-refractivity contribution in [1.82, 2.24) is 0 Å². The van der Waals surface area contributed by atoms with Crippen molar-refractivity contribution < 1.29 is 9.53 Å². The predicted octanol–water partition coefficient (Wildman–Crippen LogP) is 5.05. The zero-order valence-electron chi connectivity index (χ0n) is 14.6. The van der Waals surface area contributed by atoms with Crippen LogP contribution in [0.5, 0.6) is 5.75 Å². The molecule has 0 aliphatic carbocycles. The third-order valence-corrected chi connectivity index (χ3v) is 3.57. The summed E-state index contributed by atoms with van der Waals surface area (Å²) in [6.07, 6.45) is 1.40. The Morgan fingerprint density at radius 2 is 1.57 bits per heavy atom. The van der Waals surface area contributed by atoms with Gasteiger partial charge in [-0.2, -0.15) is 0 Å². The van der Waals surface area contributed by atoms with Gasteiger partial charge in [-0.05, 0) is 50.3 Å². The number of hydrogen-bond donors (Lipinski definition) is 0. The van der Waals surface area contributed by atoms with E-state index < -0.39 is 0 Å². The minimum Gasteiger partial charge on any atom is -0.488 e. The molecule has 2 nitrogen and oxygen atoms in total. The van der Waals surface area contributed by atoms with Gasteiger partial charge in [0.15, 0.2) is 0 Å². The zero-order chi connectivity index (χ0) is 16.3. The lowest BCUT2D eigenvalue weighted by Gasteiger charge is -2.29. The molecule has 0 saturated heterocycles. The van der Waals surface area contributed by atoms with E-state index in [9.17, 15) is 4.79 Å². The first kappa shape index (κ1) is 17.7. The molecule has 118 valence electrons. The fourth-order valence-corrected chi connectivity index (χ4v) is 2.43. The standard InChI is InChI=1S/C19H30O2/c1-8-17(20)16(18(2,3)4)13-14-9-11-15(12-10-14)21-19(5,6)7/h9-12,16H,8,13H2,1-7H3/t16-/m0/s1. The minimum absolute atomic E-state index is 0.00628. The number of ether oxygens (including phenoxy) is 1. The van der Waals surface area contributed by atoms with Crippen LogP contribution in [0.1, 0.15) is 60.5 Å². The molecular formula is C19H30O2. The highest BCUT2D eigenvalue weighted by Crippen LogP contribution is 2.31. The minimum atomic E-state index is -0.187. The van der Waals surface area contributed by atoms with E-state index in [1.165, 1.54) is 5.56 Å². The molecule has 1 aromatic rings. The van der Waals surface area contributed by atoms with Crippen LogP contribution >= 0.6 is 0 Å². The SMILES string of the molecule is CCC(=O)[C@H](Cc1ccc(OC(C)(C)C)cc1)C(C)(C)C. The first-order valence-electron chi connectivity index (χ1n) is 7.83. The van der Waals surface area contributed by atoms with Gasteiger partial charge in [-0.1, -0.05) is 39.8 Å². The molecule has 0 radical (unpaired) electrons. The first-order valence-corrected chi connectivity index (χ1v) is 7.83. The second-order valence-corrected chi connectivity index (χ2v) is 7.80. The van der Waals surface area contributed by atoms with Crippen LogP contribution in [0.4, 0.5) is 0 Å². The van der Waals surface area contributed by atoms with Gasteiger partial charge in [0.1, 0.15) is 17.1 Å². The molecular weight excluding hydrogens is 260 g/mol. The van der Waals surface area contributed by atoms with Crippen molar-refractivity contribution in [2.45, 2.75) is 66.9 Å². The maximum atomic E-state index is 12.2. The molecule has 0 bridgehead atoms. The molecule has 0 unspecified atom stereocenters. The van der Waals surface area contributed by atoms with E-state index in [2.05, 4.69) is 32.9 Å². The van der Waals surface area contributed by atoms with Crippen LogP contribution in [-0.2, 0) is 11.2 Å². The molecule has 0 saturated carbocycles. The van der Waals surface area contributed by atoms with Gasteiger partial charge in [0.25, 0.3) is 0 Å². The number of carbonyl (C=O) groups excluding carboxylic acids is 1. The molecule has 21 heavy (non-hydrogen) atoms. The van der Waals surface area contributed by atoms with Crippen molar-refractivity contribution in [3.05, 3.63) is 29.8 Å². The van der Waals surface area contributed by atoms with Crippen molar-refractivity contribution in [3.63, 3.8) is 0 Å². The second kappa shape index (κ2) is 6.64. The zero-order valence-corrected chi connectivity index (χ0v) is 14.6. The summed E-state index contributed by atoms with van der Waals surface area (Å²) in [6, 6.07) is 8.14. The quantitative estimate of drug-likeness (QED) is 0.758. The molecule has 1 aromatic carbocycles. The summed E-state index contributed by atoms with van der Waals surface area (Å²) in [6.45, 7) is 14.5. The summed E-state index contributed by atoms with van der Waals surface area (Å²) < 4.78 is 5.83. The normalized spacial score (nSPS) is 13.9. The molecule has 1 atom stereocenters. The van der Waals surface area contributed by atoms with Gasteiger partial charge in [-0.15, -0.1) is 0 Å². The number of carbonyl (C=O) groups is 1. The van der Waals surface area contributed by atoms with Crippen LogP contribution in [0.15, 0.2) is 24.3 Å². The van der Waals surface area contributed by atoms with Gasteiger partial charge in [0, 0.05) is 12.3 Å². The van der Waals surface area contributed by atoms with Crippen molar-refractivity contribution in [2.75, 3.05) is 0 Å². The Morgan fingerprint density at radius 1 is 1.05 bits per heavy atom. The lowest BCUT2D eigenvalue weighted by molar-refractivity contribution is -0.125. The molecule has 2 heteroatoms. The molecule has 1 rings (SSSR count). The molecule has 0 spiro atoms. The molecule has 0 N–H and O–H groups in total. The molecule has 0 amide bonds. The van der Waals surface area contributed by atoms with Crippen LogP contribution < -0.4 is 4.74 Å². The van der Waals surface area contributed by atoms with Crippen molar-refractivity contribution in [3.8, 4) is 5.75 Å². The molecule has 0 aromatic heterocycles. The number of benzene rings is 1. The topological polar surface area (TPSA) is 26.3 Å². The predicted molar refractivity (Wildman–Crippen MR) is 88.8 cm³/mol. The highest BCUT2D eigenvalue weighted by Gasteiger charge is 2.30. The Labute approximate surface area is 129 Å². The molecule has 0 aliphatic rings. The number of hydrogen-bond acceptors (Lipinski definition) is 2. The lowest BCUT2D eigenvalue weighted by Crippen LogP contribution is -2.30. The van der Waals surface area contributed by atoms with Gasteiger partial charge in [-0.3, -0.25) is 4.79 Å². The number of ketones is 1. The Bertz CT molecular complexity index is 458. The summed E-state index contributed by atoms with van der Waals surface area (Å²) in [5, 5.41) is 0. The van der Waals surface area contributed by atoms with E-state index in [0.717, 1.165) is 12.2 Å². The van der Waals surface area contributed by atoms with Crippen molar-refractivity contribution in [1.29, 1.82) is 0 Å². The van der Waals surface area contributed by atoms with E-state index in [1.807, 2.05) is 39.8 Å². The lowest BCUT2D eigenvalue weighted by atomic mass is 9.74. The Morgan fingerprint density at radius 3 is 1.95 bits per heavy atom. The summed E-state index contributed by atoms with van der Waals surface area (Å²) in [5.74, 6) is 1.29. The Kier molecular flexibility index (Phi) is 5.61. The summed E-state index contributed by atoms with van der Waals surface area (Å²) in [4.78, 5) is 12.2. The molecule has 0 fully saturated rings. The van der Waals surface area contributed by atoms with Crippen LogP contribution in [0.25, 0.3) is 0 Å². The third-order valence-electron chi connectivity index (χ3n) is 3.57. The van der Waals surface area contributed by atoms with Crippen molar-refractivity contribution >= 4 is 5.78 Å². The smallest absolute Gasteiger partial charge is 0.136 e. The van der Waals surface area contributed by atoms with E-state index in [4.69, 9.17) is 4.74 Å². The summed E-state index contributed by atoms with van der Waals surface area (Å²) in [7, 11) is 0. The highest BCUT2D eigenvalue weighted by molar-refractivity contribution is 5.81. The Balaban J connectivity index is 2.84. The first-order chi connectivity index (χ1) is 9.53. The van der Waals surface area contributed by atoms with Gasteiger partial charge >= 0.3 is 0 Å². The largest absolute Gasteiger partial charge is 0.488 e. The average molecular weight is 290 g/mol. The van der Waals surface area contributed by atoms with Gasteiger partial charge in [0.2, 0.25) is 0 Å². The number of rotatable bonds is 5. The van der Waals surface area contributed by atoms with E-state index in [-0.39, 0.29) is 16.9 Å². The third kappa shape index (κ3) is 5.91. The van der Waals surface area contributed by atoms with Crippen molar-refractivity contribution in [2.24, 2.45) is 11.3 Å². The number of Topliss-reactive ketones (excluding diaryl/α,β-unsaturated/α-hetero) is 1. The fourth-order valence-electron chi connectivity index (χ4n) is 2.43. The Hall–Kier alpha value is -1.31. The molecule has 0 heterocycles. The van der Waals surface area contributed by atoms with Gasteiger partial charge in [0.05, 0.1) is 0 Å². The van der Waals surface area contributed by atoms with E-state index in [0.29, 0.717) is 12.2 Å². The van der Waals surface area contributed by atoms with E-state index in [1.54, 1.807) is 0 Å². The summed E-state index contributed by atoms with van der Waals surface area (Å²) >= 11 is 0. The van der Waals surface area contributed by atoms with Crippen LogP contribution in [-0.4, -0.2) is 11.4 Å². The maximum absolute atomic E-state index is 12.2. The van der Waals surface area contributed by atoms with E-state index >= 15 is 0 Å². The van der Waals surface area contributed by atoms with Gasteiger partial charge in [-0.25, -0.2) is 0 Å². The second-order valence-electron chi connectivity index (χ2n) is 7.80. The van der Waals surface area contributed by atoms with Crippen LogP contribution in [0.3, 0.4) is 0 Å². The fraction of sp³-hybridized carbons (Fsp3) is 0.632. The van der Waals surface area contributed by atoms with Crippen LogP contribution in [0, 0.1) is 11.3 Å². The maximum Gasteiger partial charge on any atom is 0.136 e.